The van der Waals surface area contributed by atoms with E-state index in [1.54, 1.807) is 14.2 Å². The summed E-state index contributed by atoms with van der Waals surface area (Å²) in [4.78, 5) is 17.0. The van der Waals surface area contributed by atoms with E-state index in [9.17, 15) is 4.79 Å². The number of anilines is 1. The first-order chi connectivity index (χ1) is 12.5. The minimum absolute atomic E-state index is 0.137. The lowest BCUT2D eigenvalue weighted by atomic mass is 10.1. The summed E-state index contributed by atoms with van der Waals surface area (Å²) in [5.74, 6) is 1.54. The van der Waals surface area contributed by atoms with Crippen LogP contribution in [0.1, 0.15) is 18.1 Å². The molecule has 1 heterocycles. The normalized spacial score (nSPS) is 14.3. The molecule has 138 valence electrons. The third-order valence-corrected chi connectivity index (χ3v) is 5.05. The molecule has 1 aliphatic heterocycles. The van der Waals surface area contributed by atoms with Gasteiger partial charge < -0.3 is 14.4 Å². The highest BCUT2D eigenvalue weighted by Gasteiger charge is 2.29. The van der Waals surface area contributed by atoms with Crippen molar-refractivity contribution in [3.63, 3.8) is 0 Å². The van der Waals surface area contributed by atoms with Crippen molar-refractivity contribution in [2.24, 2.45) is 0 Å². The van der Waals surface area contributed by atoms with Crippen LogP contribution in [0.25, 0.3) is 0 Å². The van der Waals surface area contributed by atoms with Gasteiger partial charge in [0.2, 0.25) is 5.91 Å². The molecule has 2 aromatic rings. The molecule has 0 saturated carbocycles. The van der Waals surface area contributed by atoms with E-state index in [2.05, 4.69) is 11.0 Å². The van der Waals surface area contributed by atoms with E-state index in [0.717, 1.165) is 24.2 Å². The first-order valence-corrected chi connectivity index (χ1v) is 8.85. The Morgan fingerprint density at radius 1 is 1.15 bits per heavy atom. The molecule has 0 radical (unpaired) electrons. The molecule has 1 aliphatic rings. The first-order valence-electron chi connectivity index (χ1n) is 8.85. The number of benzene rings is 2. The number of para-hydroxylation sites is 1. The van der Waals surface area contributed by atoms with Crippen LogP contribution >= 0.6 is 0 Å². The summed E-state index contributed by atoms with van der Waals surface area (Å²) in [7, 11) is 5.22. The number of nitrogens with zero attached hydrogens (tertiary/aromatic N) is 2. The maximum atomic E-state index is 13.0. The number of ether oxygens (including phenoxy) is 2. The molecule has 0 aliphatic carbocycles. The van der Waals surface area contributed by atoms with E-state index < -0.39 is 0 Å². The topological polar surface area (TPSA) is 42.0 Å². The molecule has 5 heteroatoms. The summed E-state index contributed by atoms with van der Waals surface area (Å²) >= 11 is 0. The van der Waals surface area contributed by atoms with Crippen molar-refractivity contribution in [2.75, 3.05) is 32.7 Å². The van der Waals surface area contributed by atoms with Crippen LogP contribution in [0.15, 0.2) is 42.5 Å². The average molecular weight is 354 g/mol. The maximum absolute atomic E-state index is 13.0. The van der Waals surface area contributed by atoms with Gasteiger partial charge >= 0.3 is 0 Å². The van der Waals surface area contributed by atoms with Gasteiger partial charge in [-0.3, -0.25) is 9.69 Å². The summed E-state index contributed by atoms with van der Waals surface area (Å²) in [5.41, 5.74) is 3.37. The van der Waals surface area contributed by atoms with Gasteiger partial charge in [-0.05, 0) is 49.7 Å². The Morgan fingerprint density at radius 3 is 2.62 bits per heavy atom. The van der Waals surface area contributed by atoms with E-state index in [1.165, 1.54) is 5.56 Å². The number of hydrogen-bond acceptors (Lipinski definition) is 4. The Morgan fingerprint density at radius 2 is 1.88 bits per heavy atom. The largest absolute Gasteiger partial charge is 0.493 e. The lowest BCUT2D eigenvalue weighted by Gasteiger charge is -2.28. The fraction of sp³-hybridized carbons (Fsp3) is 0.381. The number of rotatable bonds is 6. The molecule has 3 rings (SSSR count). The number of hydrogen-bond donors (Lipinski definition) is 0. The second-order valence-corrected chi connectivity index (χ2v) is 6.65. The van der Waals surface area contributed by atoms with Crippen molar-refractivity contribution in [1.82, 2.24) is 4.90 Å². The van der Waals surface area contributed by atoms with E-state index >= 15 is 0 Å². The van der Waals surface area contributed by atoms with Crippen LogP contribution < -0.4 is 14.4 Å². The van der Waals surface area contributed by atoms with Gasteiger partial charge in [-0.2, -0.15) is 0 Å². The number of amides is 1. The summed E-state index contributed by atoms with van der Waals surface area (Å²) < 4.78 is 10.7. The van der Waals surface area contributed by atoms with Crippen molar-refractivity contribution < 1.29 is 14.3 Å². The Hall–Kier alpha value is -2.53. The van der Waals surface area contributed by atoms with Crippen LogP contribution in [0.5, 0.6) is 11.5 Å². The van der Waals surface area contributed by atoms with Gasteiger partial charge in [-0.1, -0.05) is 24.3 Å². The Labute approximate surface area is 155 Å². The minimum Gasteiger partial charge on any atom is -0.493 e. The van der Waals surface area contributed by atoms with E-state index in [4.69, 9.17) is 9.47 Å². The number of carbonyl (C=O) groups excluding carboxylic acids is 1. The van der Waals surface area contributed by atoms with Gasteiger partial charge in [0.25, 0.3) is 0 Å². The highest BCUT2D eigenvalue weighted by Crippen LogP contribution is 2.30. The van der Waals surface area contributed by atoms with Crippen molar-refractivity contribution in [2.45, 2.75) is 25.9 Å². The smallest absolute Gasteiger partial charge is 0.244 e. The zero-order chi connectivity index (χ0) is 18.7. The van der Waals surface area contributed by atoms with Gasteiger partial charge in [0.15, 0.2) is 11.5 Å². The SMILES string of the molecule is COc1ccc(CN(C)[C@@H](C)C(=O)N2CCc3ccccc32)cc1OC. The van der Waals surface area contributed by atoms with Gasteiger partial charge in [-0.15, -0.1) is 0 Å². The fourth-order valence-corrected chi connectivity index (χ4v) is 3.39. The van der Waals surface area contributed by atoms with Crippen LogP contribution in [0, 0.1) is 0 Å². The molecule has 0 saturated heterocycles. The van der Waals surface area contributed by atoms with Crippen LogP contribution in [-0.4, -0.2) is 44.7 Å². The third-order valence-electron chi connectivity index (χ3n) is 5.05. The van der Waals surface area contributed by atoms with E-state index in [0.29, 0.717) is 18.0 Å². The van der Waals surface area contributed by atoms with E-state index in [-0.39, 0.29) is 11.9 Å². The Balaban J connectivity index is 1.70. The molecule has 0 spiro atoms. The summed E-state index contributed by atoms with van der Waals surface area (Å²) in [5, 5.41) is 0. The monoisotopic (exact) mass is 354 g/mol. The molecule has 0 fully saturated rings. The zero-order valence-corrected chi connectivity index (χ0v) is 15.9. The molecule has 0 N–H and O–H groups in total. The zero-order valence-electron chi connectivity index (χ0n) is 15.9. The predicted octanol–water partition coefficient (Wildman–Crippen LogP) is 3.11. The van der Waals surface area contributed by atoms with Crippen LogP contribution in [0.4, 0.5) is 5.69 Å². The van der Waals surface area contributed by atoms with Crippen molar-refractivity contribution in [3.05, 3.63) is 53.6 Å². The lowest BCUT2D eigenvalue weighted by molar-refractivity contribution is -0.122. The third kappa shape index (κ3) is 3.53. The lowest BCUT2D eigenvalue weighted by Crippen LogP contribution is -2.45. The molecule has 5 nitrogen and oxygen atoms in total. The summed E-state index contributed by atoms with van der Waals surface area (Å²) in [6.07, 6.45) is 0.925. The summed E-state index contributed by atoms with van der Waals surface area (Å²) in [6.45, 7) is 3.37. The number of methoxy groups -OCH3 is 2. The fourth-order valence-electron chi connectivity index (χ4n) is 3.39. The maximum Gasteiger partial charge on any atom is 0.244 e. The molecule has 2 aromatic carbocycles. The molecular formula is C21H26N2O3. The number of likely N-dealkylation sites (N-methyl/N-ethyl adjacent to an activating group) is 1. The second-order valence-electron chi connectivity index (χ2n) is 6.65. The second kappa shape index (κ2) is 7.79. The molecule has 1 amide bonds. The Kier molecular flexibility index (Phi) is 5.47. The first kappa shape index (κ1) is 18.3. The van der Waals surface area contributed by atoms with Gasteiger partial charge in [0, 0.05) is 18.8 Å². The van der Waals surface area contributed by atoms with Crippen molar-refractivity contribution in [1.29, 1.82) is 0 Å². The molecule has 0 aromatic heterocycles. The molecule has 0 bridgehead atoms. The number of fused-ring (bicyclic) bond motifs is 1. The predicted molar refractivity (Wildman–Crippen MR) is 103 cm³/mol. The van der Waals surface area contributed by atoms with Gasteiger partial charge in [-0.25, -0.2) is 0 Å². The van der Waals surface area contributed by atoms with Crippen LogP contribution in [0.2, 0.25) is 0 Å². The van der Waals surface area contributed by atoms with Crippen LogP contribution in [0.3, 0.4) is 0 Å². The summed E-state index contributed by atoms with van der Waals surface area (Å²) in [6, 6.07) is 13.8. The molecular weight excluding hydrogens is 328 g/mol. The quantitative estimate of drug-likeness (QED) is 0.799. The standard InChI is InChI=1S/C21H26N2O3/c1-15(21(24)23-12-11-17-7-5-6-8-18(17)23)22(2)14-16-9-10-19(25-3)20(13-16)26-4/h5-10,13,15H,11-12,14H2,1-4H3/t15-/m0/s1. The van der Waals surface area contributed by atoms with Gasteiger partial charge in [0.1, 0.15) is 0 Å². The average Bonchev–Trinajstić information content (AvgIpc) is 3.10. The number of carbonyl (C=O) groups is 1. The molecule has 1 atom stereocenters. The van der Waals surface area contributed by atoms with E-state index in [1.807, 2.05) is 55.3 Å². The molecule has 0 unspecified atom stereocenters. The Bertz CT molecular complexity index is 791. The highest BCUT2D eigenvalue weighted by atomic mass is 16.5. The van der Waals surface area contributed by atoms with Crippen molar-refractivity contribution >= 4 is 11.6 Å². The van der Waals surface area contributed by atoms with Crippen molar-refractivity contribution in [3.8, 4) is 11.5 Å². The van der Waals surface area contributed by atoms with Crippen LogP contribution in [-0.2, 0) is 17.8 Å². The molecule has 26 heavy (non-hydrogen) atoms. The highest BCUT2D eigenvalue weighted by molar-refractivity contribution is 5.98. The van der Waals surface area contributed by atoms with Gasteiger partial charge in [0.05, 0.1) is 20.3 Å². The minimum atomic E-state index is -0.214.